The second-order valence-electron chi connectivity index (χ2n) is 8.87. The van der Waals surface area contributed by atoms with E-state index < -0.39 is 5.72 Å². The van der Waals surface area contributed by atoms with E-state index >= 15 is 0 Å². The molecule has 164 valence electrons. The monoisotopic (exact) mass is 423 g/mol. The Morgan fingerprint density at radius 1 is 1.23 bits per heavy atom. The lowest BCUT2D eigenvalue weighted by molar-refractivity contribution is -0.163. The molecular weight excluding hydrogens is 394 g/mol. The summed E-state index contributed by atoms with van der Waals surface area (Å²) in [6, 6.07) is 10.2. The van der Waals surface area contributed by atoms with Crippen LogP contribution in [0.1, 0.15) is 39.2 Å². The SMILES string of the molecule is CC1=C(CCOC2=CC=C3C(C2)OC2COC(=O)C(C)C32)NC(C)(c2ccccc2)O1. The van der Waals surface area contributed by atoms with E-state index in [2.05, 4.69) is 23.5 Å². The first-order valence-corrected chi connectivity index (χ1v) is 11.0. The summed E-state index contributed by atoms with van der Waals surface area (Å²) < 4.78 is 23.7. The summed E-state index contributed by atoms with van der Waals surface area (Å²) in [5, 5.41) is 3.53. The number of cyclic esters (lactones) is 1. The van der Waals surface area contributed by atoms with E-state index in [4.69, 9.17) is 18.9 Å². The van der Waals surface area contributed by atoms with E-state index in [0.717, 1.165) is 29.2 Å². The largest absolute Gasteiger partial charge is 0.497 e. The van der Waals surface area contributed by atoms with Gasteiger partial charge in [0.05, 0.1) is 36.2 Å². The Balaban J connectivity index is 1.18. The number of rotatable bonds is 5. The second-order valence-corrected chi connectivity index (χ2v) is 8.87. The number of carbonyl (C=O) groups is 1. The normalized spacial score (nSPS) is 34.1. The van der Waals surface area contributed by atoms with E-state index in [0.29, 0.717) is 19.6 Å². The standard InChI is InChI=1S/C25H29NO5/c1-15-23-19-10-9-18(13-21(19)30-22(23)14-29-24(15)27)28-12-11-20-16(2)31-25(3,26-20)17-7-5-4-6-8-17/h4-10,15,21-23,26H,11-14H2,1-3H3. The van der Waals surface area contributed by atoms with Gasteiger partial charge in [-0.1, -0.05) is 43.3 Å². The van der Waals surface area contributed by atoms with Crippen molar-refractivity contribution in [2.75, 3.05) is 13.2 Å². The van der Waals surface area contributed by atoms with Gasteiger partial charge in [-0.05, 0) is 25.5 Å². The fourth-order valence-electron chi connectivity index (χ4n) is 5.11. The maximum absolute atomic E-state index is 11.9. The molecule has 1 N–H and O–H groups in total. The van der Waals surface area contributed by atoms with Crippen molar-refractivity contribution < 1.29 is 23.7 Å². The Labute approximate surface area is 182 Å². The molecule has 5 rings (SSSR count). The Bertz CT molecular complexity index is 965. The van der Waals surface area contributed by atoms with Crippen LogP contribution in [0.2, 0.25) is 0 Å². The molecule has 0 aromatic heterocycles. The minimum atomic E-state index is -0.549. The van der Waals surface area contributed by atoms with Crippen LogP contribution in [-0.2, 0) is 29.5 Å². The summed E-state index contributed by atoms with van der Waals surface area (Å²) in [6.45, 7) is 6.86. The lowest BCUT2D eigenvalue weighted by Crippen LogP contribution is -2.39. The van der Waals surface area contributed by atoms with Crippen molar-refractivity contribution in [3.63, 3.8) is 0 Å². The van der Waals surface area contributed by atoms with E-state index in [1.54, 1.807) is 0 Å². The average molecular weight is 424 g/mol. The van der Waals surface area contributed by atoms with Crippen LogP contribution in [0.5, 0.6) is 0 Å². The third-order valence-corrected chi connectivity index (χ3v) is 6.78. The van der Waals surface area contributed by atoms with Crippen molar-refractivity contribution in [1.82, 2.24) is 5.32 Å². The van der Waals surface area contributed by atoms with Crippen LogP contribution in [0, 0.1) is 11.8 Å². The molecule has 0 saturated carbocycles. The number of hydrogen-bond donors (Lipinski definition) is 1. The predicted octanol–water partition coefficient (Wildman–Crippen LogP) is 3.91. The number of fused-ring (bicyclic) bond motifs is 3. The lowest BCUT2D eigenvalue weighted by Gasteiger charge is -2.29. The molecule has 5 unspecified atom stereocenters. The quantitative estimate of drug-likeness (QED) is 0.725. The van der Waals surface area contributed by atoms with E-state index in [1.165, 1.54) is 5.57 Å². The highest BCUT2D eigenvalue weighted by Gasteiger charge is 2.49. The highest BCUT2D eigenvalue weighted by molar-refractivity contribution is 5.74. The summed E-state index contributed by atoms with van der Waals surface area (Å²) >= 11 is 0. The fraction of sp³-hybridized carbons (Fsp3) is 0.480. The Morgan fingerprint density at radius 2 is 2.03 bits per heavy atom. The molecule has 1 aromatic rings. The Morgan fingerprint density at radius 3 is 2.84 bits per heavy atom. The van der Waals surface area contributed by atoms with E-state index in [1.807, 2.05) is 45.0 Å². The van der Waals surface area contributed by atoms with Gasteiger partial charge in [-0.25, -0.2) is 0 Å². The van der Waals surface area contributed by atoms with Gasteiger partial charge in [-0.15, -0.1) is 0 Å². The topological polar surface area (TPSA) is 66.0 Å². The van der Waals surface area contributed by atoms with Gasteiger partial charge >= 0.3 is 5.97 Å². The van der Waals surface area contributed by atoms with Gasteiger partial charge < -0.3 is 24.3 Å². The first-order valence-electron chi connectivity index (χ1n) is 11.0. The van der Waals surface area contributed by atoms with Crippen LogP contribution in [-0.4, -0.2) is 31.4 Å². The summed E-state index contributed by atoms with van der Waals surface area (Å²) in [4.78, 5) is 11.9. The molecule has 0 spiro atoms. The number of hydrogen-bond acceptors (Lipinski definition) is 6. The van der Waals surface area contributed by atoms with Gasteiger partial charge in [0, 0.05) is 24.3 Å². The van der Waals surface area contributed by atoms with Crippen LogP contribution >= 0.6 is 0 Å². The molecule has 3 aliphatic heterocycles. The van der Waals surface area contributed by atoms with Crippen LogP contribution in [0.15, 0.2) is 65.3 Å². The molecular formula is C25H29NO5. The highest BCUT2D eigenvalue weighted by Crippen LogP contribution is 2.44. The molecule has 3 heterocycles. The Hall–Kier alpha value is -2.73. The average Bonchev–Trinajstić information content (AvgIpc) is 3.28. The van der Waals surface area contributed by atoms with Crippen molar-refractivity contribution in [3.8, 4) is 0 Å². The first kappa shape index (κ1) is 20.2. The van der Waals surface area contributed by atoms with Gasteiger partial charge in [0.2, 0.25) is 5.72 Å². The molecule has 0 radical (unpaired) electrons. The van der Waals surface area contributed by atoms with Crippen molar-refractivity contribution in [2.24, 2.45) is 11.8 Å². The summed E-state index contributed by atoms with van der Waals surface area (Å²) in [5.41, 5.74) is 2.80. The summed E-state index contributed by atoms with van der Waals surface area (Å²) in [6.07, 6.45) is 5.47. The zero-order chi connectivity index (χ0) is 21.6. The number of esters is 1. The van der Waals surface area contributed by atoms with Gasteiger partial charge in [-0.2, -0.15) is 0 Å². The molecule has 1 aliphatic carbocycles. The number of carbonyl (C=O) groups excluding carboxylic acids is 1. The van der Waals surface area contributed by atoms with Crippen LogP contribution in [0.3, 0.4) is 0 Å². The third-order valence-electron chi connectivity index (χ3n) is 6.78. The van der Waals surface area contributed by atoms with Crippen molar-refractivity contribution in [3.05, 3.63) is 70.8 Å². The molecule has 4 aliphatic rings. The smallest absolute Gasteiger partial charge is 0.309 e. The number of benzene rings is 1. The predicted molar refractivity (Wildman–Crippen MR) is 114 cm³/mol. The second kappa shape index (κ2) is 7.75. The molecule has 0 amide bonds. The molecule has 2 fully saturated rings. The van der Waals surface area contributed by atoms with Gasteiger partial charge in [-0.3, -0.25) is 4.79 Å². The maximum Gasteiger partial charge on any atom is 0.309 e. The number of nitrogens with one attached hydrogen (secondary N) is 1. The van der Waals surface area contributed by atoms with Gasteiger partial charge in [0.25, 0.3) is 0 Å². The van der Waals surface area contributed by atoms with Crippen LogP contribution in [0.25, 0.3) is 0 Å². The zero-order valence-corrected chi connectivity index (χ0v) is 18.2. The molecule has 31 heavy (non-hydrogen) atoms. The highest BCUT2D eigenvalue weighted by atomic mass is 16.6. The minimum absolute atomic E-state index is 0.0257. The molecule has 0 bridgehead atoms. The maximum atomic E-state index is 11.9. The van der Waals surface area contributed by atoms with Crippen LogP contribution < -0.4 is 5.32 Å². The molecule has 2 saturated heterocycles. The summed E-state index contributed by atoms with van der Waals surface area (Å²) in [7, 11) is 0. The van der Waals surface area contributed by atoms with Crippen LogP contribution in [0.4, 0.5) is 0 Å². The Kier molecular flexibility index (Phi) is 5.05. The van der Waals surface area contributed by atoms with Crippen molar-refractivity contribution >= 4 is 5.97 Å². The fourth-order valence-corrected chi connectivity index (χ4v) is 5.11. The third kappa shape index (κ3) is 3.63. The van der Waals surface area contributed by atoms with E-state index in [9.17, 15) is 4.79 Å². The first-order chi connectivity index (χ1) is 14.9. The number of allylic oxidation sites excluding steroid dienone is 3. The van der Waals surface area contributed by atoms with Crippen molar-refractivity contribution in [2.45, 2.75) is 51.5 Å². The summed E-state index contributed by atoms with van der Waals surface area (Å²) in [5.74, 6) is 1.64. The molecule has 5 atom stereocenters. The zero-order valence-electron chi connectivity index (χ0n) is 18.2. The van der Waals surface area contributed by atoms with Crippen molar-refractivity contribution in [1.29, 1.82) is 0 Å². The minimum Gasteiger partial charge on any atom is -0.497 e. The van der Waals surface area contributed by atoms with E-state index in [-0.39, 0.29) is 30.0 Å². The van der Waals surface area contributed by atoms with Gasteiger partial charge in [0.15, 0.2) is 0 Å². The number of ether oxygens (including phenoxy) is 4. The van der Waals surface area contributed by atoms with Gasteiger partial charge in [0.1, 0.15) is 12.4 Å². The molecule has 6 heteroatoms. The molecule has 6 nitrogen and oxygen atoms in total. The lowest BCUT2D eigenvalue weighted by atomic mass is 9.80. The molecule has 1 aromatic carbocycles.